The third kappa shape index (κ3) is 5.49. The molecule has 0 bridgehead atoms. The van der Waals surface area contributed by atoms with Gasteiger partial charge in [0.25, 0.3) is 10.2 Å². The van der Waals surface area contributed by atoms with E-state index >= 15 is 0 Å². The van der Waals surface area contributed by atoms with E-state index in [2.05, 4.69) is 34.7 Å². The molecule has 1 N–H and O–H groups in total. The van der Waals surface area contributed by atoms with Crippen LogP contribution < -0.4 is 4.72 Å². The summed E-state index contributed by atoms with van der Waals surface area (Å²) in [6.07, 6.45) is -0.200. The Kier molecular flexibility index (Phi) is 6.88. The average Bonchev–Trinajstić information content (AvgIpc) is 2.62. The highest BCUT2D eigenvalue weighted by molar-refractivity contribution is 7.87. The number of hydrogen-bond acceptors (Lipinski definition) is 5. The van der Waals surface area contributed by atoms with Gasteiger partial charge in [0.2, 0.25) is 0 Å². The number of hydrogen-bond donors (Lipinski definition) is 1. The van der Waals surface area contributed by atoms with Gasteiger partial charge in [-0.1, -0.05) is 29.8 Å². The average molecular weight is 398 g/mol. The lowest BCUT2D eigenvalue weighted by Crippen LogP contribution is -2.53. The predicted octanol–water partition coefficient (Wildman–Crippen LogP) is 1.31. The zero-order chi connectivity index (χ0) is 19.4. The largest absolute Gasteiger partial charge is 0.379 e. The highest BCUT2D eigenvalue weighted by Crippen LogP contribution is 2.23. The van der Waals surface area contributed by atoms with Crippen molar-refractivity contribution >= 4 is 10.2 Å². The van der Waals surface area contributed by atoms with E-state index in [0.29, 0.717) is 32.8 Å². The molecular formula is C19H31N3O4S. The Morgan fingerprint density at radius 3 is 2.48 bits per heavy atom. The van der Waals surface area contributed by atoms with Gasteiger partial charge in [0.05, 0.1) is 25.4 Å². The number of morpholine rings is 2. The predicted molar refractivity (Wildman–Crippen MR) is 105 cm³/mol. The summed E-state index contributed by atoms with van der Waals surface area (Å²) in [6.45, 7) is 9.91. The van der Waals surface area contributed by atoms with Gasteiger partial charge < -0.3 is 9.47 Å². The number of ether oxygens (including phenoxy) is 2. The van der Waals surface area contributed by atoms with Gasteiger partial charge in [-0.2, -0.15) is 12.7 Å². The minimum atomic E-state index is -3.56. The first-order valence-corrected chi connectivity index (χ1v) is 11.1. The number of aryl methyl sites for hydroxylation is 1. The molecule has 0 aliphatic carbocycles. The first-order valence-electron chi connectivity index (χ1n) is 9.63. The molecule has 0 amide bonds. The smallest absolute Gasteiger partial charge is 0.279 e. The van der Waals surface area contributed by atoms with Crippen LogP contribution in [0.5, 0.6) is 0 Å². The molecule has 2 aliphatic heterocycles. The summed E-state index contributed by atoms with van der Waals surface area (Å²) < 4.78 is 41.2. The van der Waals surface area contributed by atoms with E-state index in [1.165, 1.54) is 9.87 Å². The Morgan fingerprint density at radius 2 is 1.85 bits per heavy atom. The first-order chi connectivity index (χ1) is 12.8. The van der Waals surface area contributed by atoms with Crippen LogP contribution in [0.3, 0.4) is 0 Å². The molecule has 0 radical (unpaired) electrons. The van der Waals surface area contributed by atoms with Crippen LogP contribution in [0.4, 0.5) is 0 Å². The molecule has 0 spiro atoms. The standard InChI is InChI=1S/C19H31N3O4S/c1-15-5-4-6-18(11-15)19(21-7-9-25-10-8-21)12-20-27(23,24)22-13-16(2)26-17(3)14-22/h4-6,11,16-17,19-20H,7-10,12-14H2,1-3H3. The fourth-order valence-corrected chi connectivity index (χ4v) is 5.19. The van der Waals surface area contributed by atoms with Crippen molar-refractivity contribution in [1.29, 1.82) is 0 Å². The van der Waals surface area contributed by atoms with Crippen LogP contribution in [0.2, 0.25) is 0 Å². The van der Waals surface area contributed by atoms with Crippen molar-refractivity contribution in [2.24, 2.45) is 0 Å². The van der Waals surface area contributed by atoms with Gasteiger partial charge in [-0.05, 0) is 26.3 Å². The van der Waals surface area contributed by atoms with E-state index in [0.717, 1.165) is 18.7 Å². The molecule has 8 heteroatoms. The molecule has 0 saturated carbocycles. The second kappa shape index (κ2) is 8.98. The number of rotatable bonds is 6. The van der Waals surface area contributed by atoms with E-state index in [1.807, 2.05) is 19.9 Å². The summed E-state index contributed by atoms with van der Waals surface area (Å²) in [4.78, 5) is 2.30. The van der Waals surface area contributed by atoms with Crippen LogP contribution in [0.25, 0.3) is 0 Å². The van der Waals surface area contributed by atoms with Gasteiger partial charge in [0.15, 0.2) is 0 Å². The van der Waals surface area contributed by atoms with E-state index in [4.69, 9.17) is 9.47 Å². The summed E-state index contributed by atoms with van der Waals surface area (Å²) in [5.41, 5.74) is 2.30. The molecule has 2 heterocycles. The molecule has 2 fully saturated rings. The summed E-state index contributed by atoms with van der Waals surface area (Å²) in [7, 11) is -3.56. The fraction of sp³-hybridized carbons (Fsp3) is 0.684. The van der Waals surface area contributed by atoms with Crippen LogP contribution >= 0.6 is 0 Å². The maximum absolute atomic E-state index is 12.9. The van der Waals surface area contributed by atoms with E-state index in [-0.39, 0.29) is 18.2 Å². The first kappa shape index (κ1) is 20.7. The minimum Gasteiger partial charge on any atom is -0.379 e. The molecular weight excluding hydrogens is 366 g/mol. The normalized spacial score (nSPS) is 26.8. The van der Waals surface area contributed by atoms with Crippen LogP contribution in [0.15, 0.2) is 24.3 Å². The fourth-order valence-electron chi connectivity index (χ4n) is 3.83. The van der Waals surface area contributed by atoms with Crippen molar-refractivity contribution in [2.75, 3.05) is 45.9 Å². The highest BCUT2D eigenvalue weighted by atomic mass is 32.2. The van der Waals surface area contributed by atoms with Crippen LogP contribution in [0, 0.1) is 6.92 Å². The van der Waals surface area contributed by atoms with Crippen molar-refractivity contribution in [2.45, 2.75) is 39.0 Å². The van der Waals surface area contributed by atoms with Crippen molar-refractivity contribution in [3.63, 3.8) is 0 Å². The Hall–Kier alpha value is -1.03. The molecule has 152 valence electrons. The van der Waals surface area contributed by atoms with E-state index in [1.54, 1.807) is 0 Å². The topological polar surface area (TPSA) is 71.1 Å². The van der Waals surface area contributed by atoms with Crippen LogP contribution in [-0.2, 0) is 19.7 Å². The number of nitrogens with zero attached hydrogens (tertiary/aromatic N) is 2. The zero-order valence-corrected chi connectivity index (χ0v) is 17.2. The third-order valence-corrected chi connectivity index (χ3v) is 6.61. The Labute approximate surface area is 162 Å². The lowest BCUT2D eigenvalue weighted by Gasteiger charge is -2.37. The molecule has 2 aliphatic rings. The quantitative estimate of drug-likeness (QED) is 0.784. The molecule has 3 unspecified atom stereocenters. The molecule has 3 atom stereocenters. The van der Waals surface area contributed by atoms with Crippen molar-refractivity contribution < 1.29 is 17.9 Å². The van der Waals surface area contributed by atoms with Gasteiger partial charge in [-0.25, -0.2) is 4.72 Å². The monoisotopic (exact) mass is 397 g/mol. The second-order valence-corrected chi connectivity index (χ2v) is 9.26. The number of benzene rings is 1. The van der Waals surface area contributed by atoms with Gasteiger partial charge in [-0.3, -0.25) is 4.90 Å². The molecule has 0 aromatic heterocycles. The maximum atomic E-state index is 12.9. The maximum Gasteiger partial charge on any atom is 0.279 e. The highest BCUT2D eigenvalue weighted by Gasteiger charge is 2.32. The van der Waals surface area contributed by atoms with Crippen molar-refractivity contribution in [1.82, 2.24) is 13.9 Å². The summed E-state index contributed by atoms with van der Waals surface area (Å²) in [6, 6.07) is 8.27. The van der Waals surface area contributed by atoms with Crippen LogP contribution in [-0.4, -0.2) is 75.8 Å². The van der Waals surface area contributed by atoms with E-state index < -0.39 is 10.2 Å². The summed E-state index contributed by atoms with van der Waals surface area (Å²) in [5, 5.41) is 0. The Morgan fingerprint density at radius 1 is 1.19 bits per heavy atom. The summed E-state index contributed by atoms with van der Waals surface area (Å²) in [5.74, 6) is 0. The molecule has 2 saturated heterocycles. The molecule has 27 heavy (non-hydrogen) atoms. The lowest BCUT2D eigenvalue weighted by atomic mass is 10.0. The SMILES string of the molecule is Cc1cccc(C(CNS(=O)(=O)N2CC(C)OC(C)C2)N2CCOCC2)c1. The third-order valence-electron chi connectivity index (χ3n) is 5.10. The van der Waals surface area contributed by atoms with E-state index in [9.17, 15) is 8.42 Å². The lowest BCUT2D eigenvalue weighted by molar-refractivity contribution is -0.0444. The molecule has 1 aromatic rings. The molecule has 1 aromatic carbocycles. The summed E-state index contributed by atoms with van der Waals surface area (Å²) >= 11 is 0. The Bertz CT molecular complexity index is 711. The zero-order valence-electron chi connectivity index (χ0n) is 16.4. The molecule has 7 nitrogen and oxygen atoms in total. The van der Waals surface area contributed by atoms with Gasteiger partial charge in [-0.15, -0.1) is 0 Å². The second-order valence-electron chi connectivity index (χ2n) is 7.51. The Balaban J connectivity index is 1.73. The molecule has 3 rings (SSSR count). The van der Waals surface area contributed by atoms with Gasteiger partial charge in [0, 0.05) is 38.8 Å². The van der Waals surface area contributed by atoms with Crippen molar-refractivity contribution in [3.05, 3.63) is 35.4 Å². The number of nitrogens with one attached hydrogen (secondary N) is 1. The minimum absolute atomic E-state index is 0.0144. The van der Waals surface area contributed by atoms with Crippen molar-refractivity contribution in [3.8, 4) is 0 Å². The van der Waals surface area contributed by atoms with Gasteiger partial charge >= 0.3 is 0 Å². The van der Waals surface area contributed by atoms with Crippen LogP contribution in [0.1, 0.15) is 31.0 Å². The van der Waals surface area contributed by atoms with Gasteiger partial charge in [0.1, 0.15) is 0 Å².